The summed E-state index contributed by atoms with van der Waals surface area (Å²) in [7, 11) is 5.25. The lowest BCUT2D eigenvalue weighted by atomic mass is 10.2. The number of hydrogen-bond donors (Lipinski definition) is 3. The fraction of sp³-hybridized carbons (Fsp3) is 0.292. The number of ether oxygens (including phenoxy) is 2. The van der Waals surface area contributed by atoms with Crippen molar-refractivity contribution in [2.75, 3.05) is 68.3 Å². The zero-order chi connectivity index (χ0) is 23.9. The molecule has 3 N–H and O–H groups in total. The fourth-order valence-electron chi connectivity index (χ4n) is 3.62. The van der Waals surface area contributed by atoms with Crippen LogP contribution in [0.5, 0.6) is 11.5 Å². The maximum Gasteiger partial charge on any atom is 0.324 e. The molecular formula is C24H29N7O3. The van der Waals surface area contributed by atoms with Crippen molar-refractivity contribution in [1.29, 1.82) is 0 Å². The molecule has 0 spiro atoms. The Balaban J connectivity index is 1.36. The largest absolute Gasteiger partial charge is 0.497 e. The summed E-state index contributed by atoms with van der Waals surface area (Å²) in [5, 5.41) is 8.72. The summed E-state index contributed by atoms with van der Waals surface area (Å²) in [5.41, 5.74) is 2.63. The van der Waals surface area contributed by atoms with Crippen LogP contribution < -0.4 is 30.3 Å². The van der Waals surface area contributed by atoms with Gasteiger partial charge in [-0.2, -0.15) is 0 Å². The third-order valence-electron chi connectivity index (χ3n) is 5.53. The SMILES string of the molecule is COc1cc(NC(=O)Nc2cc(Nc3ccc(N4CCN(C)CC4)cc3)ncn2)cc(OC)c1. The van der Waals surface area contributed by atoms with Gasteiger partial charge in [0.25, 0.3) is 0 Å². The Morgan fingerprint density at radius 2 is 1.47 bits per heavy atom. The second-order valence-corrected chi connectivity index (χ2v) is 7.93. The second-order valence-electron chi connectivity index (χ2n) is 7.93. The standard InChI is InChI=1S/C24H29N7O3/c1-30-8-10-31(11-9-30)19-6-4-17(5-7-19)27-22-15-23(26-16-25-22)29-24(32)28-18-12-20(33-2)14-21(13-18)34-3/h4-7,12-16H,8-11H2,1-3H3,(H3,25,26,27,28,29,32). The topological polar surface area (TPSA) is 104 Å². The van der Waals surface area contributed by atoms with Gasteiger partial charge in [0.2, 0.25) is 0 Å². The minimum Gasteiger partial charge on any atom is -0.497 e. The summed E-state index contributed by atoms with van der Waals surface area (Å²) in [4.78, 5) is 25.6. The summed E-state index contributed by atoms with van der Waals surface area (Å²) in [6, 6.07) is 14.6. The number of likely N-dealkylation sites (N-methyl/N-ethyl adjacent to an activating group) is 1. The number of amides is 2. The first kappa shape index (κ1) is 23.1. The van der Waals surface area contributed by atoms with Crippen LogP contribution in [0.2, 0.25) is 0 Å². The van der Waals surface area contributed by atoms with Crippen molar-refractivity contribution in [3.05, 3.63) is 54.9 Å². The van der Waals surface area contributed by atoms with Crippen LogP contribution >= 0.6 is 0 Å². The minimum atomic E-state index is -0.448. The van der Waals surface area contributed by atoms with Crippen molar-refractivity contribution in [1.82, 2.24) is 14.9 Å². The lowest BCUT2D eigenvalue weighted by Gasteiger charge is -2.34. The van der Waals surface area contributed by atoms with Gasteiger partial charge in [0.05, 0.1) is 14.2 Å². The third kappa shape index (κ3) is 6.04. The van der Waals surface area contributed by atoms with Gasteiger partial charge in [0.1, 0.15) is 29.5 Å². The highest BCUT2D eigenvalue weighted by Gasteiger charge is 2.14. The quantitative estimate of drug-likeness (QED) is 0.488. The first-order valence-corrected chi connectivity index (χ1v) is 11.0. The van der Waals surface area contributed by atoms with Crippen molar-refractivity contribution in [3.8, 4) is 11.5 Å². The molecule has 0 bridgehead atoms. The molecule has 0 saturated carbocycles. The summed E-state index contributed by atoms with van der Waals surface area (Å²) >= 11 is 0. The van der Waals surface area contributed by atoms with E-state index < -0.39 is 6.03 Å². The van der Waals surface area contributed by atoms with Crippen LogP contribution in [0.25, 0.3) is 0 Å². The average molecular weight is 464 g/mol. The van der Waals surface area contributed by atoms with E-state index in [9.17, 15) is 4.79 Å². The number of nitrogens with one attached hydrogen (secondary N) is 3. The summed E-state index contributed by atoms with van der Waals surface area (Å²) in [5.74, 6) is 2.07. The number of nitrogens with zero attached hydrogens (tertiary/aromatic N) is 4. The lowest BCUT2D eigenvalue weighted by Crippen LogP contribution is -2.44. The molecule has 4 rings (SSSR count). The van der Waals surface area contributed by atoms with Crippen LogP contribution in [-0.2, 0) is 0 Å². The molecule has 2 aromatic carbocycles. The molecule has 2 heterocycles. The van der Waals surface area contributed by atoms with Gasteiger partial charge in [-0.15, -0.1) is 0 Å². The molecule has 34 heavy (non-hydrogen) atoms. The molecule has 1 aliphatic heterocycles. The van der Waals surface area contributed by atoms with E-state index in [-0.39, 0.29) is 0 Å². The van der Waals surface area contributed by atoms with E-state index in [4.69, 9.17) is 9.47 Å². The zero-order valence-corrected chi connectivity index (χ0v) is 19.5. The molecule has 178 valence electrons. The molecule has 0 unspecified atom stereocenters. The number of methoxy groups -OCH3 is 2. The summed E-state index contributed by atoms with van der Waals surface area (Å²) in [6.07, 6.45) is 1.39. The van der Waals surface area contributed by atoms with E-state index in [0.29, 0.717) is 28.8 Å². The third-order valence-corrected chi connectivity index (χ3v) is 5.53. The van der Waals surface area contributed by atoms with E-state index in [0.717, 1.165) is 31.9 Å². The van der Waals surface area contributed by atoms with Gasteiger partial charge in [-0.05, 0) is 31.3 Å². The molecule has 2 amide bonds. The number of benzene rings is 2. The van der Waals surface area contributed by atoms with E-state index in [2.05, 4.69) is 54.9 Å². The van der Waals surface area contributed by atoms with Gasteiger partial charge in [-0.1, -0.05) is 0 Å². The van der Waals surface area contributed by atoms with Gasteiger partial charge in [-0.25, -0.2) is 14.8 Å². The lowest BCUT2D eigenvalue weighted by molar-refractivity contribution is 0.262. The summed E-state index contributed by atoms with van der Waals surface area (Å²) < 4.78 is 10.5. The first-order valence-electron chi connectivity index (χ1n) is 11.0. The van der Waals surface area contributed by atoms with Crippen LogP contribution in [-0.4, -0.2) is 68.3 Å². The zero-order valence-electron chi connectivity index (χ0n) is 19.5. The maximum atomic E-state index is 12.5. The second kappa shape index (κ2) is 10.7. The Morgan fingerprint density at radius 1 is 0.824 bits per heavy atom. The molecule has 0 atom stereocenters. The number of anilines is 5. The van der Waals surface area contributed by atoms with Crippen molar-refractivity contribution in [2.45, 2.75) is 0 Å². The number of carbonyl (C=O) groups is 1. The molecule has 0 radical (unpaired) electrons. The molecule has 1 aliphatic rings. The van der Waals surface area contributed by atoms with Crippen LogP contribution in [0.4, 0.5) is 33.5 Å². The molecular weight excluding hydrogens is 434 g/mol. The predicted octanol–water partition coefficient (Wildman–Crippen LogP) is 3.63. The van der Waals surface area contributed by atoms with Crippen LogP contribution in [0.15, 0.2) is 54.9 Å². The first-order chi connectivity index (χ1) is 16.5. The maximum absolute atomic E-state index is 12.5. The molecule has 0 aliphatic carbocycles. The number of piperazine rings is 1. The highest BCUT2D eigenvalue weighted by atomic mass is 16.5. The van der Waals surface area contributed by atoms with Gasteiger partial charge in [-0.3, -0.25) is 5.32 Å². The number of rotatable bonds is 7. The molecule has 1 saturated heterocycles. The van der Waals surface area contributed by atoms with Crippen LogP contribution in [0.1, 0.15) is 0 Å². The predicted molar refractivity (Wildman–Crippen MR) is 134 cm³/mol. The van der Waals surface area contributed by atoms with Gasteiger partial charge < -0.3 is 29.9 Å². The van der Waals surface area contributed by atoms with Crippen LogP contribution in [0, 0.1) is 0 Å². The molecule has 1 fully saturated rings. The number of hydrogen-bond acceptors (Lipinski definition) is 8. The normalized spacial score (nSPS) is 13.8. The Morgan fingerprint density at radius 3 is 2.12 bits per heavy atom. The highest BCUT2D eigenvalue weighted by Crippen LogP contribution is 2.26. The molecule has 1 aromatic heterocycles. The average Bonchev–Trinajstić information content (AvgIpc) is 2.85. The number of carbonyl (C=O) groups excluding carboxylic acids is 1. The van der Waals surface area contributed by atoms with E-state index >= 15 is 0 Å². The number of aromatic nitrogens is 2. The molecule has 10 heteroatoms. The summed E-state index contributed by atoms with van der Waals surface area (Å²) in [6.45, 7) is 4.18. The van der Waals surface area contributed by atoms with Crippen molar-refractivity contribution in [2.24, 2.45) is 0 Å². The van der Waals surface area contributed by atoms with Crippen molar-refractivity contribution < 1.29 is 14.3 Å². The van der Waals surface area contributed by atoms with Gasteiger partial charge >= 0.3 is 6.03 Å². The monoisotopic (exact) mass is 463 g/mol. The highest BCUT2D eigenvalue weighted by molar-refractivity contribution is 5.99. The van der Waals surface area contributed by atoms with Crippen LogP contribution in [0.3, 0.4) is 0 Å². The molecule has 3 aromatic rings. The molecule has 10 nitrogen and oxygen atoms in total. The van der Waals surface area contributed by atoms with E-state index in [1.54, 1.807) is 38.5 Å². The smallest absolute Gasteiger partial charge is 0.324 e. The Bertz CT molecular complexity index is 1090. The Hall–Kier alpha value is -4.05. The van der Waals surface area contributed by atoms with Crippen molar-refractivity contribution >= 4 is 34.7 Å². The van der Waals surface area contributed by atoms with E-state index in [1.807, 2.05) is 12.1 Å². The van der Waals surface area contributed by atoms with Crippen molar-refractivity contribution in [3.63, 3.8) is 0 Å². The Kier molecular flexibility index (Phi) is 7.28. The van der Waals surface area contributed by atoms with Gasteiger partial charge in [0, 0.05) is 67.5 Å². The fourth-order valence-corrected chi connectivity index (χ4v) is 3.62. The Labute approximate surface area is 198 Å². The minimum absolute atomic E-state index is 0.360. The van der Waals surface area contributed by atoms with E-state index in [1.165, 1.54) is 12.0 Å². The van der Waals surface area contributed by atoms with Gasteiger partial charge in [0.15, 0.2) is 0 Å². The number of urea groups is 1.